The van der Waals surface area contributed by atoms with E-state index in [1.807, 2.05) is 23.9 Å². The van der Waals surface area contributed by atoms with Gasteiger partial charge in [0.05, 0.1) is 28.4 Å². The third-order valence-corrected chi connectivity index (χ3v) is 10.0. The van der Waals surface area contributed by atoms with Crippen molar-refractivity contribution in [3.05, 3.63) is 120 Å². The fraction of sp³-hybridized carbons (Fsp3) is 0. The molecule has 0 saturated heterocycles. The van der Waals surface area contributed by atoms with Crippen LogP contribution in [0.4, 0.5) is 0 Å². The van der Waals surface area contributed by atoms with Gasteiger partial charge in [-0.15, -0.1) is 10.5 Å². The van der Waals surface area contributed by atoms with Gasteiger partial charge >= 0.3 is 0 Å². The predicted octanol–water partition coefficient (Wildman–Crippen LogP) is 8.13. The molecule has 0 N–H and O–H groups in total. The van der Waals surface area contributed by atoms with Crippen molar-refractivity contribution in [2.75, 3.05) is 0 Å². The van der Waals surface area contributed by atoms with Gasteiger partial charge in [-0.1, -0.05) is 66.4 Å². The van der Waals surface area contributed by atoms with Crippen LogP contribution in [0.5, 0.6) is 0 Å². The smallest absolute Gasteiger partial charge is 0.0992 e. The van der Waals surface area contributed by atoms with Crippen LogP contribution in [0.25, 0.3) is 33.1 Å². The second kappa shape index (κ2) is 7.63. The van der Waals surface area contributed by atoms with Crippen molar-refractivity contribution in [3.8, 4) is 11.8 Å². The van der Waals surface area contributed by atoms with E-state index in [0.717, 1.165) is 22.3 Å². The lowest BCUT2D eigenvalue weighted by Crippen LogP contribution is -2.01. The minimum absolute atomic E-state index is 0.0150. The minimum atomic E-state index is 0.0150. The Kier molecular flexibility index (Phi) is 4.41. The van der Waals surface area contributed by atoms with Crippen molar-refractivity contribution in [2.24, 2.45) is 0 Å². The molecule has 2 aliphatic heterocycles. The number of para-hydroxylation sites is 2. The molecule has 2 nitrogen and oxygen atoms in total. The number of allylic oxidation sites excluding steroid dienone is 2. The normalized spacial score (nSPS) is 16.4. The van der Waals surface area contributed by atoms with Crippen LogP contribution in [-0.4, -0.2) is 8.76 Å². The van der Waals surface area contributed by atoms with Gasteiger partial charge < -0.3 is 4.57 Å². The summed E-state index contributed by atoms with van der Waals surface area (Å²) in [6, 6.07) is 34.1. The van der Waals surface area contributed by atoms with Crippen molar-refractivity contribution >= 4 is 53.8 Å². The molecule has 1 atom stereocenters. The van der Waals surface area contributed by atoms with Crippen molar-refractivity contribution < 1.29 is 0 Å². The molecule has 0 amide bonds. The average molecular weight is 471 g/mol. The third-order valence-electron chi connectivity index (χ3n) is 6.43. The van der Waals surface area contributed by atoms with Gasteiger partial charge in [-0.2, -0.15) is 5.26 Å². The first-order chi connectivity index (χ1) is 16.8. The number of hydrogen-bond acceptors (Lipinski definition) is 2. The number of aromatic nitrogens is 1. The molecule has 34 heavy (non-hydrogen) atoms. The number of nitriles is 1. The average Bonchev–Trinajstić information content (AvgIpc) is 3.43. The van der Waals surface area contributed by atoms with Gasteiger partial charge in [0, 0.05) is 30.3 Å². The van der Waals surface area contributed by atoms with Crippen molar-refractivity contribution in [2.45, 2.75) is 9.79 Å². The largest absolute Gasteiger partial charge is 0.309 e. The molecule has 1 unspecified atom stereocenters. The summed E-state index contributed by atoms with van der Waals surface area (Å²) < 4.78 is 3.70. The summed E-state index contributed by atoms with van der Waals surface area (Å²) in [5.74, 6) is 0. The van der Waals surface area contributed by atoms with Crippen LogP contribution < -0.4 is 0 Å². The summed E-state index contributed by atoms with van der Waals surface area (Å²) in [7, 11) is 0.0150. The number of thioether (sulfide) groups is 1. The second-order valence-corrected chi connectivity index (χ2v) is 11.5. The summed E-state index contributed by atoms with van der Waals surface area (Å²) in [4.78, 5) is 2.77. The molecular formula is C30H18N2S2. The highest BCUT2D eigenvalue weighted by atomic mass is 32.2. The zero-order chi connectivity index (χ0) is 22.6. The molecule has 0 bridgehead atoms. The van der Waals surface area contributed by atoms with Crippen LogP contribution in [0, 0.1) is 11.3 Å². The lowest BCUT2D eigenvalue weighted by atomic mass is 10.0. The van der Waals surface area contributed by atoms with E-state index in [9.17, 15) is 5.26 Å². The Hall–Kier alpha value is -3.78. The summed E-state index contributed by atoms with van der Waals surface area (Å²) in [5.41, 5.74) is 6.31. The summed E-state index contributed by atoms with van der Waals surface area (Å²) in [6.45, 7) is 0. The van der Waals surface area contributed by atoms with Crippen LogP contribution in [0.15, 0.2) is 118 Å². The van der Waals surface area contributed by atoms with E-state index in [-0.39, 0.29) is 10.5 Å². The SMILES string of the molecule is N#Cc1ccc(C2=CC3=S(C=C2)c2ccccc2S3)c(-n2c3ccccc3c3ccccc32)c1. The predicted molar refractivity (Wildman–Crippen MR) is 146 cm³/mol. The molecular weight excluding hydrogens is 452 g/mol. The Morgan fingerprint density at radius 3 is 2.26 bits per heavy atom. The Bertz CT molecular complexity index is 1740. The van der Waals surface area contributed by atoms with E-state index >= 15 is 0 Å². The molecule has 1 aromatic heterocycles. The molecule has 2 aliphatic rings. The number of rotatable bonds is 2. The maximum absolute atomic E-state index is 9.72. The number of benzene rings is 4. The van der Waals surface area contributed by atoms with Gasteiger partial charge in [0.2, 0.25) is 0 Å². The quantitative estimate of drug-likeness (QED) is 0.244. The Balaban J connectivity index is 1.48. The van der Waals surface area contributed by atoms with Crippen LogP contribution in [0.2, 0.25) is 0 Å². The Morgan fingerprint density at radius 2 is 1.50 bits per heavy atom. The van der Waals surface area contributed by atoms with E-state index in [0.29, 0.717) is 5.56 Å². The van der Waals surface area contributed by atoms with Gasteiger partial charge in [-0.25, -0.2) is 0 Å². The second-order valence-electron chi connectivity index (χ2n) is 8.32. The number of nitrogens with zero attached hydrogens (tertiary/aromatic N) is 2. The van der Waals surface area contributed by atoms with E-state index in [1.54, 1.807) is 0 Å². The molecule has 160 valence electrons. The lowest BCUT2D eigenvalue weighted by molar-refractivity contribution is 1.17. The Morgan fingerprint density at radius 1 is 0.794 bits per heavy atom. The van der Waals surface area contributed by atoms with Gasteiger partial charge in [-0.05, 0) is 59.5 Å². The van der Waals surface area contributed by atoms with Gasteiger partial charge in [0.15, 0.2) is 0 Å². The molecule has 0 radical (unpaired) electrons. The lowest BCUT2D eigenvalue weighted by Gasteiger charge is -2.17. The van der Waals surface area contributed by atoms with E-state index in [1.165, 1.54) is 30.3 Å². The Labute approximate surface area is 204 Å². The van der Waals surface area contributed by atoms with E-state index in [4.69, 9.17) is 0 Å². The first-order valence-electron chi connectivity index (χ1n) is 11.1. The molecule has 3 heterocycles. The van der Waals surface area contributed by atoms with Gasteiger partial charge in [0.25, 0.3) is 0 Å². The van der Waals surface area contributed by atoms with Crippen molar-refractivity contribution in [3.63, 3.8) is 0 Å². The topological polar surface area (TPSA) is 28.7 Å². The standard InChI is InChI=1S/C30H18N2S2/c31-19-20-13-14-22(21-15-16-34-29-12-6-5-11-28(29)33-30(34)18-21)27(17-20)32-25-9-3-1-7-23(25)24-8-2-4-10-26(24)32/h1-18H. The third kappa shape index (κ3) is 2.88. The molecule has 0 fully saturated rings. The zero-order valence-electron chi connectivity index (χ0n) is 18.1. The van der Waals surface area contributed by atoms with Crippen LogP contribution in [0.1, 0.15) is 11.1 Å². The summed E-state index contributed by atoms with van der Waals surface area (Å²) >= 11 is 1.88. The van der Waals surface area contributed by atoms with Crippen LogP contribution in [0.3, 0.4) is 0 Å². The molecule has 4 aromatic carbocycles. The maximum atomic E-state index is 9.72. The molecule has 5 aromatic rings. The zero-order valence-corrected chi connectivity index (χ0v) is 19.7. The molecule has 4 heteroatoms. The van der Waals surface area contributed by atoms with Crippen LogP contribution >= 0.6 is 22.2 Å². The minimum Gasteiger partial charge on any atom is -0.309 e. The first kappa shape index (κ1) is 19.7. The highest BCUT2D eigenvalue weighted by Crippen LogP contribution is 2.50. The number of fused-ring (bicyclic) bond motifs is 5. The van der Waals surface area contributed by atoms with E-state index in [2.05, 4.69) is 107 Å². The van der Waals surface area contributed by atoms with E-state index < -0.39 is 0 Å². The highest BCUT2D eigenvalue weighted by Gasteiger charge is 2.23. The van der Waals surface area contributed by atoms with Gasteiger partial charge in [0.1, 0.15) is 0 Å². The molecule has 0 saturated carbocycles. The summed E-state index contributed by atoms with van der Waals surface area (Å²) in [5, 5.41) is 14.5. The van der Waals surface area contributed by atoms with Crippen molar-refractivity contribution in [1.29, 1.82) is 5.26 Å². The highest BCUT2D eigenvalue weighted by molar-refractivity contribution is 8.37. The maximum Gasteiger partial charge on any atom is 0.0992 e. The fourth-order valence-electron chi connectivity index (χ4n) is 4.91. The molecule has 7 rings (SSSR count). The van der Waals surface area contributed by atoms with Crippen molar-refractivity contribution in [1.82, 2.24) is 4.57 Å². The number of hydrogen-bond donors (Lipinski definition) is 0. The summed E-state index contributed by atoms with van der Waals surface area (Å²) in [6.07, 6.45) is 4.60. The monoisotopic (exact) mass is 470 g/mol. The first-order valence-corrected chi connectivity index (χ1v) is 13.2. The molecule has 0 spiro atoms. The van der Waals surface area contributed by atoms with Crippen LogP contribution in [-0.2, 0) is 0 Å². The molecule has 0 aliphatic carbocycles. The fourth-order valence-corrected chi connectivity index (χ4v) is 8.63. The van der Waals surface area contributed by atoms with Gasteiger partial charge in [-0.3, -0.25) is 0 Å².